The van der Waals surface area contributed by atoms with E-state index in [9.17, 15) is 23.1 Å². The van der Waals surface area contributed by atoms with Crippen LogP contribution in [0.2, 0.25) is 5.02 Å². The van der Waals surface area contributed by atoms with Crippen molar-refractivity contribution < 1.29 is 18.3 Å². The molecule has 8 nitrogen and oxygen atoms in total. The number of benzene rings is 2. The van der Waals surface area contributed by atoms with Crippen molar-refractivity contribution in [1.82, 2.24) is 29.1 Å². The molecule has 0 amide bonds. The molecule has 0 saturated carbocycles. The molecule has 0 aliphatic rings. The molecule has 0 unspecified atom stereocenters. The van der Waals surface area contributed by atoms with Crippen LogP contribution in [0.25, 0.3) is 17.1 Å². The Morgan fingerprint density at radius 2 is 1.76 bits per heavy atom. The smallest absolute Gasteiger partial charge is 0.388 e. The van der Waals surface area contributed by atoms with Gasteiger partial charge in [0.25, 0.3) is 0 Å². The maximum atomic E-state index is 13.0. The topological polar surface area (TPSA) is 90.8 Å². The lowest BCUT2D eigenvalue weighted by Gasteiger charge is -2.08. The highest BCUT2D eigenvalue weighted by molar-refractivity contribution is 6.30. The van der Waals surface area contributed by atoms with E-state index in [4.69, 9.17) is 11.6 Å². The van der Waals surface area contributed by atoms with Crippen molar-refractivity contribution in [2.75, 3.05) is 0 Å². The molecule has 178 valence electrons. The van der Waals surface area contributed by atoms with Crippen LogP contribution in [0.3, 0.4) is 0 Å². The lowest BCUT2D eigenvalue weighted by Crippen LogP contribution is -2.27. The van der Waals surface area contributed by atoms with Crippen LogP contribution in [0.4, 0.5) is 13.2 Å². The molecule has 12 heteroatoms. The molecule has 1 N–H and O–H groups in total. The van der Waals surface area contributed by atoms with E-state index in [0.29, 0.717) is 16.3 Å². The van der Waals surface area contributed by atoms with Crippen LogP contribution in [-0.2, 0) is 19.7 Å². The zero-order valence-corrected chi connectivity index (χ0v) is 18.8. The number of hydrogen-bond acceptors (Lipinski definition) is 5. The second kappa shape index (κ2) is 9.43. The first-order valence-electron chi connectivity index (χ1n) is 10.3. The number of aromatic nitrogens is 6. The van der Waals surface area contributed by atoms with E-state index in [1.165, 1.54) is 4.68 Å². The molecule has 4 rings (SSSR count). The largest absolute Gasteiger partial charge is 0.390 e. The molecule has 34 heavy (non-hydrogen) atoms. The summed E-state index contributed by atoms with van der Waals surface area (Å²) < 4.78 is 42.1. The van der Waals surface area contributed by atoms with E-state index in [1.807, 2.05) is 31.2 Å². The summed E-state index contributed by atoms with van der Waals surface area (Å²) in [6, 6.07) is 13.6. The monoisotopic (exact) mass is 492 g/mol. The summed E-state index contributed by atoms with van der Waals surface area (Å²) in [4.78, 5) is 17.3. The Bertz CT molecular complexity index is 1360. The molecule has 0 aliphatic heterocycles. The van der Waals surface area contributed by atoms with Gasteiger partial charge in [-0.15, -0.1) is 10.2 Å². The molecule has 0 radical (unpaired) electrons. The number of aliphatic hydroxyl groups is 1. The Kier molecular flexibility index (Phi) is 6.58. The molecule has 4 aromatic rings. The van der Waals surface area contributed by atoms with Gasteiger partial charge in [0, 0.05) is 17.1 Å². The Hall–Kier alpha value is -3.44. The van der Waals surface area contributed by atoms with Gasteiger partial charge >= 0.3 is 11.9 Å². The standard InChI is InChI=1S/C22H20ClF3N6O2/c1-14-4-2-3-5-17(14)32-19(13-33)27-18(28-32)12-31-21(34)30(11-10-22(24,25)26)20(29-31)15-6-8-16(23)9-7-15/h2-9,33H,10-13H2,1H3. The van der Waals surface area contributed by atoms with E-state index in [-0.39, 0.29) is 24.0 Å². The summed E-state index contributed by atoms with van der Waals surface area (Å²) >= 11 is 5.91. The summed E-state index contributed by atoms with van der Waals surface area (Å²) in [6.45, 7) is 0.701. The summed E-state index contributed by atoms with van der Waals surface area (Å²) in [5.74, 6) is 0.510. The summed E-state index contributed by atoms with van der Waals surface area (Å²) in [5.41, 5.74) is 1.31. The van der Waals surface area contributed by atoms with Crippen molar-refractivity contribution in [3.8, 4) is 17.1 Å². The normalized spacial score (nSPS) is 11.8. The minimum Gasteiger partial charge on any atom is -0.388 e. The molecule has 2 heterocycles. The molecule has 0 bridgehead atoms. The van der Waals surface area contributed by atoms with Crippen molar-refractivity contribution in [3.63, 3.8) is 0 Å². The maximum Gasteiger partial charge on any atom is 0.390 e. The van der Waals surface area contributed by atoms with Gasteiger partial charge in [-0.25, -0.2) is 19.1 Å². The third-order valence-electron chi connectivity index (χ3n) is 5.14. The van der Waals surface area contributed by atoms with Gasteiger partial charge in [0.1, 0.15) is 13.2 Å². The predicted molar refractivity (Wildman–Crippen MR) is 119 cm³/mol. The van der Waals surface area contributed by atoms with Crippen LogP contribution < -0.4 is 5.69 Å². The van der Waals surface area contributed by atoms with Crippen molar-refractivity contribution in [2.45, 2.75) is 39.2 Å². The van der Waals surface area contributed by atoms with Crippen LogP contribution in [0, 0.1) is 6.92 Å². The van der Waals surface area contributed by atoms with E-state index in [2.05, 4.69) is 15.2 Å². The van der Waals surface area contributed by atoms with Gasteiger partial charge in [0.2, 0.25) is 0 Å². The van der Waals surface area contributed by atoms with E-state index < -0.39 is 31.4 Å². The third-order valence-corrected chi connectivity index (χ3v) is 5.39. The first-order chi connectivity index (χ1) is 16.2. The number of aryl methyl sites for hydroxylation is 1. The maximum absolute atomic E-state index is 13.0. The quantitative estimate of drug-likeness (QED) is 0.424. The van der Waals surface area contributed by atoms with Gasteiger partial charge in [-0.3, -0.25) is 4.57 Å². The number of para-hydroxylation sites is 1. The highest BCUT2D eigenvalue weighted by Crippen LogP contribution is 2.23. The van der Waals surface area contributed by atoms with Crippen LogP contribution in [-0.4, -0.2) is 40.4 Å². The third kappa shape index (κ3) is 5.05. The van der Waals surface area contributed by atoms with Crippen molar-refractivity contribution in [2.24, 2.45) is 0 Å². The number of hydrogen-bond donors (Lipinski definition) is 1. The number of nitrogens with zero attached hydrogens (tertiary/aromatic N) is 6. The predicted octanol–water partition coefficient (Wildman–Crippen LogP) is 3.75. The van der Waals surface area contributed by atoms with Gasteiger partial charge in [0.15, 0.2) is 17.5 Å². The molecule has 0 atom stereocenters. The molecule has 2 aromatic heterocycles. The molecule has 2 aromatic carbocycles. The van der Waals surface area contributed by atoms with Crippen molar-refractivity contribution in [1.29, 1.82) is 0 Å². The van der Waals surface area contributed by atoms with E-state index in [1.54, 1.807) is 24.3 Å². The Balaban J connectivity index is 1.73. The molecule has 0 fully saturated rings. The molecule has 0 saturated heterocycles. The van der Waals surface area contributed by atoms with Gasteiger partial charge in [-0.2, -0.15) is 13.2 Å². The minimum absolute atomic E-state index is 0.0756. The van der Waals surface area contributed by atoms with Crippen LogP contribution >= 0.6 is 11.6 Å². The molecule has 0 spiro atoms. The van der Waals surface area contributed by atoms with Gasteiger partial charge < -0.3 is 5.11 Å². The van der Waals surface area contributed by atoms with Crippen molar-refractivity contribution in [3.05, 3.63) is 81.3 Å². The Morgan fingerprint density at radius 3 is 2.41 bits per heavy atom. The number of rotatable bonds is 7. The summed E-state index contributed by atoms with van der Waals surface area (Å²) in [6.07, 6.45) is -5.63. The fraction of sp³-hybridized carbons (Fsp3) is 0.273. The van der Waals surface area contributed by atoms with Gasteiger partial charge in [-0.05, 0) is 42.8 Å². The highest BCUT2D eigenvalue weighted by atomic mass is 35.5. The highest BCUT2D eigenvalue weighted by Gasteiger charge is 2.28. The van der Waals surface area contributed by atoms with Crippen LogP contribution in [0.1, 0.15) is 23.6 Å². The van der Waals surface area contributed by atoms with E-state index >= 15 is 0 Å². The fourth-order valence-corrected chi connectivity index (χ4v) is 3.61. The second-order valence-electron chi connectivity index (χ2n) is 7.59. The minimum atomic E-state index is -4.44. The summed E-state index contributed by atoms with van der Waals surface area (Å²) in [7, 11) is 0. The van der Waals surface area contributed by atoms with Crippen LogP contribution in [0.15, 0.2) is 53.3 Å². The van der Waals surface area contributed by atoms with Gasteiger partial charge in [-0.1, -0.05) is 29.8 Å². The van der Waals surface area contributed by atoms with Crippen molar-refractivity contribution >= 4 is 11.6 Å². The zero-order valence-electron chi connectivity index (χ0n) is 18.0. The average molecular weight is 493 g/mol. The first kappa shape index (κ1) is 23.7. The SMILES string of the molecule is Cc1ccccc1-n1nc(Cn2nc(-c3ccc(Cl)cc3)n(CCC(F)(F)F)c2=O)nc1CO. The Labute approximate surface area is 196 Å². The first-order valence-corrected chi connectivity index (χ1v) is 10.7. The lowest BCUT2D eigenvalue weighted by molar-refractivity contribution is -0.136. The zero-order chi connectivity index (χ0) is 24.5. The van der Waals surface area contributed by atoms with Gasteiger partial charge in [0.05, 0.1) is 12.1 Å². The van der Waals surface area contributed by atoms with E-state index in [0.717, 1.165) is 14.8 Å². The Morgan fingerprint density at radius 1 is 1.06 bits per heavy atom. The molecule has 0 aliphatic carbocycles. The number of halogens is 4. The van der Waals surface area contributed by atoms with Crippen LogP contribution in [0.5, 0.6) is 0 Å². The summed E-state index contributed by atoms with van der Waals surface area (Å²) in [5, 5.41) is 18.8. The fourth-order valence-electron chi connectivity index (χ4n) is 3.49. The average Bonchev–Trinajstić information content (AvgIpc) is 3.33. The number of aliphatic hydroxyl groups excluding tert-OH is 1. The number of alkyl halides is 3. The lowest BCUT2D eigenvalue weighted by atomic mass is 10.2. The molecular weight excluding hydrogens is 473 g/mol. The second-order valence-corrected chi connectivity index (χ2v) is 8.02. The molecular formula is C22H20ClF3N6O2.